The van der Waals surface area contributed by atoms with Gasteiger partial charge in [0.25, 0.3) is 0 Å². The Balaban J connectivity index is 3.31. The summed E-state index contributed by atoms with van der Waals surface area (Å²) >= 11 is 0. The summed E-state index contributed by atoms with van der Waals surface area (Å²) < 4.78 is 23.1. The molecule has 6 heteroatoms. The van der Waals surface area contributed by atoms with E-state index in [1.54, 1.807) is 0 Å². The van der Waals surface area contributed by atoms with Gasteiger partial charge in [0.1, 0.15) is 5.75 Å². The molecule has 0 radical (unpaired) electrons. The highest BCUT2D eigenvalue weighted by atomic mass is 19.1. The van der Waals surface area contributed by atoms with Gasteiger partial charge in [-0.2, -0.15) is 0 Å². The number of aliphatic hydroxyl groups is 1. The van der Waals surface area contributed by atoms with Crippen LogP contribution in [0.4, 0.5) is 4.39 Å². The Kier molecular flexibility index (Phi) is 3.68. The van der Waals surface area contributed by atoms with Crippen molar-refractivity contribution in [2.24, 2.45) is 0 Å². The number of ether oxygens (including phenoxy) is 2. The number of carbonyl (C=O) groups is 1. The van der Waals surface area contributed by atoms with Crippen LogP contribution in [0.25, 0.3) is 0 Å². The molecule has 0 aliphatic heterocycles. The molecule has 0 bridgehead atoms. The number of aliphatic hydroxyl groups excluding tert-OH is 1. The second kappa shape index (κ2) is 4.80. The summed E-state index contributed by atoms with van der Waals surface area (Å²) in [5.74, 6) is -2.45. The van der Waals surface area contributed by atoms with E-state index in [1.807, 2.05) is 0 Å². The molecule has 0 saturated heterocycles. The third-order valence-corrected chi connectivity index (χ3v) is 2.03. The number of methoxy groups -OCH3 is 2. The van der Waals surface area contributed by atoms with Crippen LogP contribution in [0.2, 0.25) is 0 Å². The Morgan fingerprint density at radius 2 is 2.00 bits per heavy atom. The molecule has 1 atom stereocenters. The molecule has 0 amide bonds. The fourth-order valence-electron chi connectivity index (χ4n) is 1.19. The zero-order chi connectivity index (χ0) is 12.3. The van der Waals surface area contributed by atoms with Crippen LogP contribution < -0.4 is 9.47 Å². The van der Waals surface area contributed by atoms with Crippen LogP contribution >= 0.6 is 0 Å². The van der Waals surface area contributed by atoms with Crippen molar-refractivity contribution < 1.29 is 28.9 Å². The highest BCUT2D eigenvalue weighted by molar-refractivity contribution is 5.74. The summed E-state index contributed by atoms with van der Waals surface area (Å²) in [6.45, 7) is 0. The first-order valence-electron chi connectivity index (χ1n) is 4.33. The molecule has 1 aromatic carbocycles. The molecule has 1 rings (SSSR count). The number of hydrogen-bond donors (Lipinski definition) is 2. The molecular formula is C10H11FO5. The molecule has 0 spiro atoms. The summed E-state index contributed by atoms with van der Waals surface area (Å²) in [6, 6.07) is 2.37. The van der Waals surface area contributed by atoms with Gasteiger partial charge < -0.3 is 19.7 Å². The molecule has 1 aromatic rings. The summed E-state index contributed by atoms with van der Waals surface area (Å²) in [6.07, 6.45) is -1.95. The van der Waals surface area contributed by atoms with Gasteiger partial charge in [-0.25, -0.2) is 9.18 Å². The minimum atomic E-state index is -1.95. The summed E-state index contributed by atoms with van der Waals surface area (Å²) in [7, 11) is 2.57. The maximum absolute atomic E-state index is 13.6. The third kappa shape index (κ3) is 2.22. The molecule has 16 heavy (non-hydrogen) atoms. The van der Waals surface area contributed by atoms with Gasteiger partial charge in [0.05, 0.1) is 14.2 Å². The van der Waals surface area contributed by atoms with Gasteiger partial charge in [-0.1, -0.05) is 0 Å². The highest BCUT2D eigenvalue weighted by Crippen LogP contribution is 2.30. The number of benzene rings is 1. The molecule has 0 aromatic heterocycles. The van der Waals surface area contributed by atoms with E-state index >= 15 is 0 Å². The monoisotopic (exact) mass is 230 g/mol. The number of halogens is 1. The Bertz CT molecular complexity index is 404. The largest absolute Gasteiger partial charge is 0.497 e. The van der Waals surface area contributed by atoms with E-state index in [9.17, 15) is 14.3 Å². The van der Waals surface area contributed by atoms with Crippen molar-refractivity contribution in [1.29, 1.82) is 0 Å². The van der Waals surface area contributed by atoms with Crippen LogP contribution in [0.1, 0.15) is 11.7 Å². The number of aliphatic carboxylic acids is 1. The second-order valence-electron chi connectivity index (χ2n) is 2.97. The first kappa shape index (κ1) is 12.3. The second-order valence-corrected chi connectivity index (χ2v) is 2.97. The van der Waals surface area contributed by atoms with E-state index in [-0.39, 0.29) is 11.5 Å². The lowest BCUT2D eigenvalue weighted by Crippen LogP contribution is -2.13. The van der Waals surface area contributed by atoms with Crippen molar-refractivity contribution in [3.05, 3.63) is 23.5 Å². The van der Waals surface area contributed by atoms with Crippen LogP contribution in [-0.2, 0) is 4.79 Å². The Labute approximate surface area is 91.0 Å². The van der Waals surface area contributed by atoms with Crippen molar-refractivity contribution >= 4 is 5.97 Å². The van der Waals surface area contributed by atoms with Gasteiger partial charge >= 0.3 is 5.97 Å². The molecule has 0 saturated carbocycles. The van der Waals surface area contributed by atoms with E-state index in [4.69, 9.17) is 14.6 Å². The molecule has 2 N–H and O–H groups in total. The van der Waals surface area contributed by atoms with Crippen molar-refractivity contribution in [3.8, 4) is 11.5 Å². The SMILES string of the molecule is COc1cc(OC)c(F)c(C(O)C(=O)O)c1. The van der Waals surface area contributed by atoms with E-state index in [0.29, 0.717) is 0 Å². The van der Waals surface area contributed by atoms with Crippen LogP contribution in [-0.4, -0.2) is 30.4 Å². The fraction of sp³-hybridized carbons (Fsp3) is 0.300. The number of carboxylic acids is 1. The van der Waals surface area contributed by atoms with Gasteiger partial charge in [0.15, 0.2) is 17.7 Å². The predicted octanol–water partition coefficient (Wildman–Crippen LogP) is 0.961. The lowest BCUT2D eigenvalue weighted by Gasteiger charge is -2.12. The first-order chi connectivity index (χ1) is 7.51. The van der Waals surface area contributed by atoms with Crippen LogP contribution in [0.5, 0.6) is 11.5 Å². The summed E-state index contributed by atoms with van der Waals surface area (Å²) in [5, 5.41) is 17.9. The smallest absolute Gasteiger partial charge is 0.337 e. The zero-order valence-electron chi connectivity index (χ0n) is 8.73. The lowest BCUT2D eigenvalue weighted by molar-refractivity contribution is -0.147. The average Bonchev–Trinajstić information content (AvgIpc) is 2.28. The molecule has 0 fully saturated rings. The molecule has 1 unspecified atom stereocenters. The van der Waals surface area contributed by atoms with Crippen LogP contribution in [0.3, 0.4) is 0 Å². The van der Waals surface area contributed by atoms with Crippen LogP contribution in [0, 0.1) is 5.82 Å². The molecule has 0 aliphatic rings. The van der Waals surface area contributed by atoms with Gasteiger partial charge in [-0.15, -0.1) is 0 Å². The van der Waals surface area contributed by atoms with Crippen molar-refractivity contribution in [2.75, 3.05) is 14.2 Å². The third-order valence-electron chi connectivity index (χ3n) is 2.03. The molecule has 0 heterocycles. The Morgan fingerprint density at radius 3 is 2.44 bits per heavy atom. The van der Waals surface area contributed by atoms with E-state index in [1.165, 1.54) is 20.3 Å². The molecule has 88 valence electrons. The number of rotatable bonds is 4. The van der Waals surface area contributed by atoms with E-state index in [0.717, 1.165) is 6.07 Å². The maximum Gasteiger partial charge on any atom is 0.337 e. The normalized spacial score (nSPS) is 12.0. The first-order valence-corrected chi connectivity index (χ1v) is 4.33. The van der Waals surface area contributed by atoms with Gasteiger partial charge in [-0.05, 0) is 6.07 Å². The van der Waals surface area contributed by atoms with E-state index < -0.39 is 23.5 Å². The van der Waals surface area contributed by atoms with E-state index in [2.05, 4.69) is 0 Å². The quantitative estimate of drug-likeness (QED) is 0.805. The van der Waals surface area contributed by atoms with Crippen molar-refractivity contribution in [2.45, 2.75) is 6.10 Å². The van der Waals surface area contributed by atoms with Crippen molar-refractivity contribution in [1.82, 2.24) is 0 Å². The lowest BCUT2D eigenvalue weighted by atomic mass is 10.1. The topological polar surface area (TPSA) is 76.0 Å². The minimum Gasteiger partial charge on any atom is -0.497 e. The van der Waals surface area contributed by atoms with Gasteiger partial charge in [0.2, 0.25) is 0 Å². The number of carboxylic acid groups (broad SMARTS) is 1. The molecule has 0 aliphatic carbocycles. The van der Waals surface area contributed by atoms with Gasteiger partial charge in [-0.3, -0.25) is 0 Å². The average molecular weight is 230 g/mol. The standard InChI is InChI=1S/C10H11FO5/c1-15-5-3-6(9(12)10(13)14)8(11)7(4-5)16-2/h3-4,9,12H,1-2H3,(H,13,14). The minimum absolute atomic E-state index is 0.186. The fourth-order valence-corrected chi connectivity index (χ4v) is 1.19. The van der Waals surface area contributed by atoms with Gasteiger partial charge in [0, 0.05) is 11.6 Å². The maximum atomic E-state index is 13.6. The predicted molar refractivity (Wildman–Crippen MR) is 52.1 cm³/mol. The van der Waals surface area contributed by atoms with Crippen molar-refractivity contribution in [3.63, 3.8) is 0 Å². The molecule has 5 nitrogen and oxygen atoms in total. The summed E-state index contributed by atoms with van der Waals surface area (Å²) in [4.78, 5) is 10.6. The zero-order valence-corrected chi connectivity index (χ0v) is 8.73. The highest BCUT2D eigenvalue weighted by Gasteiger charge is 2.23. The Hall–Kier alpha value is -1.82. The Morgan fingerprint density at radius 1 is 1.38 bits per heavy atom. The molecular weight excluding hydrogens is 219 g/mol. The summed E-state index contributed by atoms with van der Waals surface area (Å²) in [5.41, 5.74) is -0.399. The number of hydrogen-bond acceptors (Lipinski definition) is 4. The van der Waals surface area contributed by atoms with Crippen LogP contribution in [0.15, 0.2) is 12.1 Å².